The van der Waals surface area contributed by atoms with E-state index in [4.69, 9.17) is 22.7 Å². The Morgan fingerprint density at radius 1 is 1.40 bits per heavy atom. The maximum Gasteiger partial charge on any atom is 0.225 e. The molecule has 0 spiro atoms. The summed E-state index contributed by atoms with van der Waals surface area (Å²) in [4.78, 5) is 14.2. The molecule has 0 aliphatic rings. The standard InChI is InChI=1S/C14H21N3O2S/c1-17(9-10-19-2)8-7-13(18)16-12-6-4-3-5-11(12)14(15)20/h3-6H,7-10H2,1-2H3,(H2,15,20)(H,16,18). The number of benzene rings is 1. The molecule has 6 heteroatoms. The van der Waals surface area contributed by atoms with E-state index in [2.05, 4.69) is 5.32 Å². The van der Waals surface area contributed by atoms with Crippen LogP contribution in [-0.2, 0) is 9.53 Å². The van der Waals surface area contributed by atoms with Crippen LogP contribution in [0.5, 0.6) is 0 Å². The summed E-state index contributed by atoms with van der Waals surface area (Å²) in [6.07, 6.45) is 0.409. The van der Waals surface area contributed by atoms with Crippen molar-refractivity contribution in [2.45, 2.75) is 6.42 Å². The Hall–Kier alpha value is -1.50. The highest BCUT2D eigenvalue weighted by atomic mass is 32.1. The molecule has 5 nitrogen and oxygen atoms in total. The fourth-order valence-corrected chi connectivity index (χ4v) is 1.85. The number of nitrogens with two attached hydrogens (primary N) is 1. The zero-order chi connectivity index (χ0) is 15.0. The van der Waals surface area contributed by atoms with Gasteiger partial charge in [0.15, 0.2) is 0 Å². The Kier molecular flexibility index (Phi) is 7.14. The van der Waals surface area contributed by atoms with Crippen LogP contribution in [0.4, 0.5) is 5.69 Å². The first-order chi connectivity index (χ1) is 9.54. The fraction of sp³-hybridized carbons (Fsp3) is 0.429. The average Bonchev–Trinajstić information content (AvgIpc) is 2.43. The van der Waals surface area contributed by atoms with Crippen LogP contribution in [0.2, 0.25) is 0 Å². The number of ether oxygens (including phenoxy) is 1. The minimum atomic E-state index is -0.0574. The normalized spacial score (nSPS) is 10.6. The first kappa shape index (κ1) is 16.6. The topological polar surface area (TPSA) is 67.6 Å². The molecule has 0 aromatic heterocycles. The molecule has 1 amide bonds. The lowest BCUT2D eigenvalue weighted by molar-refractivity contribution is -0.116. The molecule has 3 N–H and O–H groups in total. The number of rotatable bonds is 8. The molecule has 0 saturated heterocycles. The van der Waals surface area contributed by atoms with Gasteiger partial charge in [-0.15, -0.1) is 0 Å². The first-order valence-corrected chi connectivity index (χ1v) is 6.81. The quantitative estimate of drug-likeness (QED) is 0.706. The van der Waals surface area contributed by atoms with E-state index in [-0.39, 0.29) is 10.9 Å². The lowest BCUT2D eigenvalue weighted by Gasteiger charge is -2.16. The Morgan fingerprint density at radius 2 is 2.10 bits per heavy atom. The van der Waals surface area contributed by atoms with Gasteiger partial charge < -0.3 is 20.7 Å². The van der Waals surface area contributed by atoms with Gasteiger partial charge >= 0.3 is 0 Å². The minimum Gasteiger partial charge on any atom is -0.389 e. The number of hydrogen-bond donors (Lipinski definition) is 2. The Bertz CT molecular complexity index is 465. The highest BCUT2D eigenvalue weighted by molar-refractivity contribution is 7.80. The maximum absolute atomic E-state index is 11.9. The molecule has 0 unspecified atom stereocenters. The van der Waals surface area contributed by atoms with Crippen molar-refractivity contribution in [3.63, 3.8) is 0 Å². The molecule has 110 valence electrons. The number of carbonyl (C=O) groups excluding carboxylic acids is 1. The molecule has 0 atom stereocenters. The highest BCUT2D eigenvalue weighted by Crippen LogP contribution is 2.14. The van der Waals surface area contributed by atoms with Crippen LogP contribution in [0.3, 0.4) is 0 Å². The number of para-hydroxylation sites is 1. The number of likely N-dealkylation sites (N-methyl/N-ethyl adjacent to an activating group) is 1. The van der Waals surface area contributed by atoms with Gasteiger partial charge in [0.05, 0.1) is 12.3 Å². The number of carbonyl (C=O) groups is 1. The summed E-state index contributed by atoms with van der Waals surface area (Å²) in [7, 11) is 3.61. The molecule has 1 aromatic rings. The molecule has 0 radical (unpaired) electrons. The van der Waals surface area contributed by atoms with Gasteiger partial charge in [-0.05, 0) is 19.2 Å². The highest BCUT2D eigenvalue weighted by Gasteiger charge is 2.09. The minimum absolute atomic E-state index is 0.0574. The third-order valence-corrected chi connectivity index (χ3v) is 3.08. The van der Waals surface area contributed by atoms with Gasteiger partial charge in [0.25, 0.3) is 0 Å². The molecule has 20 heavy (non-hydrogen) atoms. The Labute approximate surface area is 125 Å². The fourth-order valence-electron chi connectivity index (χ4n) is 1.67. The van der Waals surface area contributed by atoms with Gasteiger partial charge in [-0.2, -0.15) is 0 Å². The van der Waals surface area contributed by atoms with E-state index in [0.717, 1.165) is 6.54 Å². The number of anilines is 1. The number of methoxy groups -OCH3 is 1. The molecule has 1 aromatic carbocycles. The average molecular weight is 295 g/mol. The van der Waals surface area contributed by atoms with Crippen molar-refractivity contribution in [3.05, 3.63) is 29.8 Å². The predicted octanol–water partition coefficient (Wildman–Crippen LogP) is 1.23. The van der Waals surface area contributed by atoms with E-state index in [9.17, 15) is 4.79 Å². The van der Waals surface area contributed by atoms with Crippen LogP contribution in [-0.4, -0.2) is 49.6 Å². The van der Waals surface area contributed by atoms with Crippen molar-refractivity contribution >= 4 is 28.8 Å². The van der Waals surface area contributed by atoms with E-state index < -0.39 is 0 Å². The van der Waals surface area contributed by atoms with Crippen molar-refractivity contribution in [3.8, 4) is 0 Å². The second-order valence-electron chi connectivity index (χ2n) is 4.50. The van der Waals surface area contributed by atoms with Crippen molar-refractivity contribution in [2.24, 2.45) is 5.73 Å². The van der Waals surface area contributed by atoms with Crippen molar-refractivity contribution in [2.75, 3.05) is 39.2 Å². The van der Waals surface area contributed by atoms with Crippen LogP contribution in [0.1, 0.15) is 12.0 Å². The van der Waals surface area contributed by atoms with Crippen molar-refractivity contribution in [1.29, 1.82) is 0 Å². The zero-order valence-corrected chi connectivity index (χ0v) is 12.7. The van der Waals surface area contributed by atoms with Crippen molar-refractivity contribution < 1.29 is 9.53 Å². The summed E-state index contributed by atoms with van der Waals surface area (Å²) in [6, 6.07) is 7.26. The van der Waals surface area contributed by atoms with Crippen molar-refractivity contribution in [1.82, 2.24) is 4.90 Å². The van der Waals surface area contributed by atoms with Gasteiger partial charge in [0, 0.05) is 32.2 Å². The van der Waals surface area contributed by atoms with Gasteiger partial charge in [-0.25, -0.2) is 0 Å². The van der Waals surface area contributed by atoms with E-state index in [1.807, 2.05) is 24.1 Å². The number of hydrogen-bond acceptors (Lipinski definition) is 4. The van der Waals surface area contributed by atoms with Gasteiger partial charge in [0.1, 0.15) is 4.99 Å². The summed E-state index contributed by atoms with van der Waals surface area (Å²) in [5.41, 5.74) is 6.97. The van der Waals surface area contributed by atoms with Gasteiger partial charge in [-0.3, -0.25) is 4.79 Å². The smallest absolute Gasteiger partial charge is 0.225 e. The van der Waals surface area contributed by atoms with Crippen LogP contribution in [0, 0.1) is 0 Å². The second-order valence-corrected chi connectivity index (χ2v) is 4.94. The largest absolute Gasteiger partial charge is 0.389 e. The van der Waals surface area contributed by atoms with E-state index >= 15 is 0 Å². The van der Waals surface area contributed by atoms with Gasteiger partial charge in [0.2, 0.25) is 5.91 Å². The molecule has 0 fully saturated rings. The van der Waals surface area contributed by atoms with Crippen LogP contribution >= 0.6 is 12.2 Å². The van der Waals surface area contributed by atoms with Gasteiger partial charge in [-0.1, -0.05) is 24.4 Å². The van der Waals surface area contributed by atoms with E-state index in [0.29, 0.717) is 30.8 Å². The summed E-state index contributed by atoms with van der Waals surface area (Å²) in [6.45, 7) is 2.13. The SMILES string of the molecule is COCCN(C)CCC(=O)Nc1ccccc1C(N)=S. The monoisotopic (exact) mass is 295 g/mol. The molecule has 0 bridgehead atoms. The van der Waals surface area contributed by atoms with Crippen LogP contribution in [0.25, 0.3) is 0 Å². The molecule has 0 saturated carbocycles. The number of amides is 1. The Balaban J connectivity index is 2.49. The summed E-state index contributed by atoms with van der Waals surface area (Å²) in [5.74, 6) is -0.0574. The zero-order valence-electron chi connectivity index (χ0n) is 11.9. The lowest BCUT2D eigenvalue weighted by Crippen LogP contribution is -2.27. The second kappa shape index (κ2) is 8.63. The summed E-state index contributed by atoms with van der Waals surface area (Å²) >= 11 is 4.96. The molecule has 0 heterocycles. The van der Waals surface area contributed by atoms with Crippen LogP contribution in [0.15, 0.2) is 24.3 Å². The maximum atomic E-state index is 11.9. The molecule has 1 rings (SSSR count). The lowest BCUT2D eigenvalue weighted by atomic mass is 10.1. The summed E-state index contributed by atoms with van der Waals surface area (Å²) < 4.78 is 4.99. The summed E-state index contributed by atoms with van der Waals surface area (Å²) in [5, 5.41) is 2.84. The molecular formula is C14H21N3O2S. The molecule has 0 aliphatic heterocycles. The van der Waals surface area contributed by atoms with E-state index in [1.165, 1.54) is 0 Å². The number of nitrogens with one attached hydrogen (secondary N) is 1. The Morgan fingerprint density at radius 3 is 2.75 bits per heavy atom. The third-order valence-electron chi connectivity index (χ3n) is 2.86. The first-order valence-electron chi connectivity index (χ1n) is 6.40. The third kappa shape index (κ3) is 5.64. The number of thiocarbonyl (C=S) groups is 1. The number of nitrogens with zero attached hydrogens (tertiary/aromatic N) is 1. The molecular weight excluding hydrogens is 274 g/mol. The van der Waals surface area contributed by atoms with Crippen LogP contribution < -0.4 is 11.1 Å². The predicted molar refractivity (Wildman–Crippen MR) is 84.9 cm³/mol. The molecule has 0 aliphatic carbocycles. The van der Waals surface area contributed by atoms with E-state index in [1.54, 1.807) is 19.2 Å².